The summed E-state index contributed by atoms with van der Waals surface area (Å²) in [6.07, 6.45) is 0. The Hall–Kier alpha value is 2.46. The Morgan fingerprint density at radius 3 is 0.714 bits per heavy atom. The van der Waals surface area contributed by atoms with E-state index in [1.54, 1.807) is 0 Å². The minimum atomic E-state index is -5.25. The van der Waals surface area contributed by atoms with E-state index < -0.39 is 16.2 Å². The van der Waals surface area contributed by atoms with E-state index in [2.05, 4.69) is 0 Å². The van der Waals surface area contributed by atoms with Crippen LogP contribution in [0.3, 0.4) is 0 Å². The Kier molecular flexibility index (Phi) is 15.3. The molecule has 0 spiro atoms. The summed E-state index contributed by atoms with van der Waals surface area (Å²) >= 11 is -5.25. The first kappa shape index (κ1) is 16.2. The van der Waals surface area contributed by atoms with Crippen molar-refractivity contribution in [1.82, 2.24) is 0 Å². The normalized spacial score (nSPS) is 8.57. The Bertz CT molecular complexity index is 25.2. The Morgan fingerprint density at radius 2 is 0.714 bits per heavy atom. The first-order chi connectivity index (χ1) is 2.00. The fraction of sp³-hybridized carbons (Fsp3) is 0. The molecule has 0 aromatic carbocycles. The zero-order valence-electron chi connectivity index (χ0n) is 4.50. The van der Waals surface area contributed by atoms with Crippen molar-refractivity contribution in [3.63, 3.8) is 0 Å². The summed E-state index contributed by atoms with van der Waals surface area (Å²) in [5, 5.41) is 0. The summed E-state index contributed by atoms with van der Waals surface area (Å²) < 4.78 is 29.6. The van der Waals surface area contributed by atoms with E-state index in [1.807, 2.05) is 0 Å². The monoisotopic (exact) mass is 178 g/mol. The van der Waals surface area contributed by atoms with E-state index >= 15 is 0 Å². The zero-order valence-corrected chi connectivity index (χ0v) is 11.5. The molecule has 0 fully saturated rings. The number of rotatable bonds is 0. The van der Waals surface area contributed by atoms with Crippen molar-refractivity contribution in [2.24, 2.45) is 0 Å². The second kappa shape index (κ2) is 6.58. The van der Waals surface area contributed by atoms with Gasteiger partial charge >= 0.3 is 91.1 Å². The van der Waals surface area contributed by atoms with Gasteiger partial charge < -0.3 is 0 Å². The summed E-state index contributed by atoms with van der Waals surface area (Å²) in [7, 11) is 0. The van der Waals surface area contributed by atoms with Crippen molar-refractivity contribution < 1.29 is 91.1 Å². The molecule has 0 saturated heterocycles. The van der Waals surface area contributed by atoms with E-state index in [-0.39, 0.29) is 59.1 Å². The van der Waals surface area contributed by atoms with Gasteiger partial charge in [-0.3, -0.25) is 0 Å². The number of hydrogen-bond acceptors (Lipinski definition) is 4. The van der Waals surface area contributed by atoms with Crippen LogP contribution in [0, 0.1) is 0 Å². The van der Waals surface area contributed by atoms with Gasteiger partial charge in [-0.2, -0.15) is 0 Å². The van der Waals surface area contributed by atoms with Crippen molar-refractivity contribution in [3.05, 3.63) is 0 Å². The van der Waals surface area contributed by atoms with E-state index in [0.717, 1.165) is 0 Å². The molecule has 0 radical (unpaired) electrons. The summed E-state index contributed by atoms with van der Waals surface area (Å²) in [5.41, 5.74) is 0. The predicted octanol–water partition coefficient (Wildman–Crippen LogP) is -8.22. The van der Waals surface area contributed by atoms with Gasteiger partial charge in [0.25, 0.3) is 0 Å². The number of hydrogen-bond donors (Lipinski definition) is 4. The molecule has 32 valence electrons. The van der Waals surface area contributed by atoms with Crippen LogP contribution in [0.15, 0.2) is 0 Å². The van der Waals surface area contributed by atoms with Gasteiger partial charge in [-0.25, -0.2) is 0 Å². The molecule has 0 heterocycles. The van der Waals surface area contributed by atoms with Crippen LogP contribution in [0.25, 0.3) is 0 Å². The molecule has 0 aliphatic heterocycles. The summed E-state index contributed by atoms with van der Waals surface area (Å²) in [6, 6.07) is 0. The Balaban J connectivity index is -0.0000000800. The summed E-state index contributed by atoms with van der Waals surface area (Å²) in [5.74, 6) is 0. The quantitative estimate of drug-likeness (QED) is 0.279. The molecule has 0 rings (SSSR count). The fourth-order valence-corrected chi connectivity index (χ4v) is 0. The maximum absolute atomic E-state index is 7.41. The SMILES string of the molecule is [Na+].[Na+].[OH][Zn-2]([OH])([OH])[OH]. The van der Waals surface area contributed by atoms with Crippen LogP contribution in [0.5, 0.6) is 0 Å². The molecule has 0 aliphatic rings. The Labute approximate surface area is 89.6 Å². The molecule has 0 aliphatic carbocycles. The molecule has 7 heteroatoms. The molecule has 4 nitrogen and oxygen atoms in total. The van der Waals surface area contributed by atoms with Gasteiger partial charge in [-0.1, -0.05) is 0 Å². The first-order valence-electron chi connectivity index (χ1n) is 1.26. The molecule has 7 heavy (non-hydrogen) atoms. The molecular formula is H4Na2O4Zn. The predicted molar refractivity (Wildman–Crippen MR) is 8.88 cm³/mol. The first-order valence-corrected chi connectivity index (χ1v) is 6.57. The fourth-order valence-electron chi connectivity index (χ4n) is 0. The summed E-state index contributed by atoms with van der Waals surface area (Å²) in [6.45, 7) is 0. The topological polar surface area (TPSA) is 80.9 Å². The van der Waals surface area contributed by atoms with Crippen molar-refractivity contribution in [3.8, 4) is 0 Å². The zero-order chi connectivity index (χ0) is 4.50. The van der Waals surface area contributed by atoms with Gasteiger partial charge in [0.2, 0.25) is 0 Å². The van der Waals surface area contributed by atoms with Crippen LogP contribution >= 0.6 is 0 Å². The van der Waals surface area contributed by atoms with Crippen molar-refractivity contribution in [1.29, 1.82) is 0 Å². The third kappa shape index (κ3) is 58.3. The second-order valence-corrected chi connectivity index (χ2v) is 4.41. The van der Waals surface area contributed by atoms with E-state index in [1.165, 1.54) is 0 Å². The molecule has 0 aromatic heterocycles. The molecular weight excluding hydrogens is 175 g/mol. The van der Waals surface area contributed by atoms with Crippen LogP contribution in [0.1, 0.15) is 0 Å². The van der Waals surface area contributed by atoms with Gasteiger partial charge in [-0.05, 0) is 0 Å². The molecule has 0 bridgehead atoms. The van der Waals surface area contributed by atoms with Crippen LogP contribution in [0.2, 0.25) is 0 Å². The van der Waals surface area contributed by atoms with Gasteiger partial charge in [0, 0.05) is 0 Å². The van der Waals surface area contributed by atoms with Gasteiger partial charge in [0.05, 0.1) is 0 Å². The molecule has 0 unspecified atom stereocenters. The molecule has 0 atom stereocenters. The van der Waals surface area contributed by atoms with Crippen molar-refractivity contribution in [2.75, 3.05) is 0 Å². The molecule has 0 aromatic rings. The third-order valence-electron chi connectivity index (χ3n) is 0. The Morgan fingerprint density at radius 1 is 0.714 bits per heavy atom. The third-order valence-corrected chi connectivity index (χ3v) is 0. The van der Waals surface area contributed by atoms with Gasteiger partial charge in [0.1, 0.15) is 0 Å². The molecule has 0 amide bonds. The van der Waals surface area contributed by atoms with E-state index in [0.29, 0.717) is 0 Å². The minimum absolute atomic E-state index is 0. The van der Waals surface area contributed by atoms with Crippen LogP contribution in [-0.2, 0) is 16.2 Å². The summed E-state index contributed by atoms with van der Waals surface area (Å²) in [4.78, 5) is 0. The van der Waals surface area contributed by atoms with Gasteiger partial charge in [0.15, 0.2) is 0 Å². The van der Waals surface area contributed by atoms with Crippen molar-refractivity contribution in [2.45, 2.75) is 0 Å². The van der Waals surface area contributed by atoms with Crippen LogP contribution in [0.4, 0.5) is 0 Å². The average Bonchev–Trinajstić information content (AvgIpc) is 0.722. The molecule has 4 N–H and O–H groups in total. The average molecular weight is 179 g/mol. The molecule has 0 saturated carbocycles. The van der Waals surface area contributed by atoms with Crippen molar-refractivity contribution >= 4 is 0 Å². The van der Waals surface area contributed by atoms with Gasteiger partial charge in [-0.15, -0.1) is 0 Å². The van der Waals surface area contributed by atoms with E-state index in [4.69, 9.17) is 15.7 Å². The van der Waals surface area contributed by atoms with Crippen LogP contribution in [-0.4, -0.2) is 15.7 Å². The second-order valence-electron chi connectivity index (χ2n) is 0.849. The van der Waals surface area contributed by atoms with Crippen LogP contribution < -0.4 is 59.1 Å². The standard InChI is InChI=1S/2Na.4H2O.Zn/h;;4*1H2;/q2*+1;;;;;+2/p-4. The maximum atomic E-state index is 7.41. The van der Waals surface area contributed by atoms with E-state index in [9.17, 15) is 0 Å².